The predicted molar refractivity (Wildman–Crippen MR) is 56.0 cm³/mol. The third kappa shape index (κ3) is 1.66. The van der Waals surface area contributed by atoms with Crippen molar-refractivity contribution in [2.24, 2.45) is 0 Å². The largest absolute Gasteiger partial charge is 0.616 e. The van der Waals surface area contributed by atoms with E-state index in [0.717, 1.165) is 16.5 Å². The first-order valence-electron chi connectivity index (χ1n) is 4.49. The van der Waals surface area contributed by atoms with Gasteiger partial charge < -0.3 is 14.7 Å². The molecule has 0 aliphatic heterocycles. The van der Waals surface area contributed by atoms with Gasteiger partial charge in [0.25, 0.3) is 0 Å². The molecule has 0 fully saturated rings. The molecule has 2 aromatic rings. The zero-order valence-corrected chi connectivity index (χ0v) is 8.56. The summed E-state index contributed by atoms with van der Waals surface area (Å²) in [7, 11) is 3.07. The number of nitrogens with zero attached hydrogens (tertiary/aromatic N) is 1. The number of rotatable bonds is 2. The quantitative estimate of drug-likeness (QED) is 0.551. The maximum absolute atomic E-state index is 11.4. The number of aromatic nitrogens is 1. The zero-order chi connectivity index (χ0) is 10.8. The molecule has 0 aliphatic carbocycles. The molecular weight excluding hydrogens is 194 g/mol. The van der Waals surface area contributed by atoms with E-state index >= 15 is 0 Å². The molecular formula is C11H11NO3. The minimum absolute atomic E-state index is 0.274. The average molecular weight is 205 g/mol. The van der Waals surface area contributed by atoms with Crippen molar-refractivity contribution in [3.8, 4) is 11.6 Å². The lowest BCUT2D eigenvalue weighted by Gasteiger charge is -2.05. The van der Waals surface area contributed by atoms with Gasteiger partial charge in [-0.2, -0.15) is 0 Å². The fraction of sp³-hybridized carbons (Fsp3) is 0.182. The highest BCUT2D eigenvalue weighted by atomic mass is 16.5. The Morgan fingerprint density at radius 1 is 1.07 bits per heavy atom. The zero-order valence-electron chi connectivity index (χ0n) is 8.56. The van der Waals surface area contributed by atoms with Crippen LogP contribution in [0.15, 0.2) is 30.5 Å². The predicted octanol–water partition coefficient (Wildman–Crippen LogP) is 1.49. The van der Waals surface area contributed by atoms with Gasteiger partial charge in [0, 0.05) is 10.8 Å². The third-order valence-electron chi connectivity index (χ3n) is 2.26. The number of methoxy groups -OCH3 is 2. The van der Waals surface area contributed by atoms with Crippen molar-refractivity contribution in [3.63, 3.8) is 0 Å². The van der Waals surface area contributed by atoms with Crippen molar-refractivity contribution >= 4 is 10.8 Å². The average Bonchev–Trinajstić information content (AvgIpc) is 2.27. The molecule has 0 saturated carbocycles. The van der Waals surface area contributed by atoms with Gasteiger partial charge >= 0.3 is 5.88 Å². The molecule has 0 atom stereocenters. The molecule has 15 heavy (non-hydrogen) atoms. The monoisotopic (exact) mass is 205 g/mol. The van der Waals surface area contributed by atoms with Gasteiger partial charge in [0.15, 0.2) is 6.20 Å². The summed E-state index contributed by atoms with van der Waals surface area (Å²) in [5.41, 5.74) is 0. The SMILES string of the molecule is COc1ccc2c[n+]([O-])c(OC)cc2c1. The Bertz CT molecular complexity index is 496. The maximum atomic E-state index is 11.4. The van der Waals surface area contributed by atoms with Gasteiger partial charge in [0.1, 0.15) is 5.75 Å². The van der Waals surface area contributed by atoms with E-state index < -0.39 is 0 Å². The van der Waals surface area contributed by atoms with Crippen LogP contribution in [0.5, 0.6) is 11.6 Å². The molecule has 4 heteroatoms. The van der Waals surface area contributed by atoms with Crippen LogP contribution in [0, 0.1) is 5.21 Å². The third-order valence-corrected chi connectivity index (χ3v) is 2.26. The summed E-state index contributed by atoms with van der Waals surface area (Å²) in [6, 6.07) is 7.19. The smallest absolute Gasteiger partial charge is 0.379 e. The lowest BCUT2D eigenvalue weighted by molar-refractivity contribution is -0.610. The summed E-state index contributed by atoms with van der Waals surface area (Å²) in [5, 5.41) is 13.1. The molecule has 1 heterocycles. The topological polar surface area (TPSA) is 45.4 Å². The lowest BCUT2D eigenvalue weighted by Crippen LogP contribution is -2.27. The molecule has 0 N–H and O–H groups in total. The fourth-order valence-electron chi connectivity index (χ4n) is 1.46. The van der Waals surface area contributed by atoms with Crippen molar-refractivity contribution < 1.29 is 14.2 Å². The number of fused-ring (bicyclic) bond motifs is 1. The van der Waals surface area contributed by atoms with Crippen molar-refractivity contribution in [2.45, 2.75) is 0 Å². The molecule has 1 aromatic carbocycles. The standard InChI is InChI=1S/C11H11NO3/c1-14-10-4-3-8-7-12(13)11(15-2)6-9(8)5-10/h3-7H,1-2H3. The van der Waals surface area contributed by atoms with E-state index in [9.17, 15) is 5.21 Å². The van der Waals surface area contributed by atoms with Gasteiger partial charge in [0.05, 0.1) is 20.3 Å². The van der Waals surface area contributed by atoms with Crippen LogP contribution in [-0.2, 0) is 0 Å². The van der Waals surface area contributed by atoms with E-state index in [4.69, 9.17) is 9.47 Å². The van der Waals surface area contributed by atoms with Crippen molar-refractivity contribution in [2.75, 3.05) is 14.2 Å². The molecule has 0 amide bonds. The van der Waals surface area contributed by atoms with E-state index in [0.29, 0.717) is 4.73 Å². The van der Waals surface area contributed by atoms with Crippen LogP contribution in [0.1, 0.15) is 0 Å². The first-order valence-corrected chi connectivity index (χ1v) is 4.49. The van der Waals surface area contributed by atoms with Crippen LogP contribution in [0.2, 0.25) is 0 Å². The van der Waals surface area contributed by atoms with Crippen LogP contribution in [-0.4, -0.2) is 14.2 Å². The number of hydrogen-bond donors (Lipinski definition) is 0. The van der Waals surface area contributed by atoms with E-state index in [-0.39, 0.29) is 5.88 Å². The normalized spacial score (nSPS) is 10.3. The van der Waals surface area contributed by atoms with Gasteiger partial charge in [-0.25, -0.2) is 0 Å². The Morgan fingerprint density at radius 3 is 2.53 bits per heavy atom. The second-order valence-electron chi connectivity index (χ2n) is 3.14. The minimum Gasteiger partial charge on any atom is -0.616 e. The van der Waals surface area contributed by atoms with Crippen molar-refractivity contribution in [1.29, 1.82) is 0 Å². The van der Waals surface area contributed by atoms with Gasteiger partial charge in [-0.15, -0.1) is 4.73 Å². The Balaban J connectivity index is 2.66. The van der Waals surface area contributed by atoms with Crippen molar-refractivity contribution in [1.82, 2.24) is 0 Å². The molecule has 4 nitrogen and oxygen atoms in total. The molecule has 0 unspecified atom stereocenters. The van der Waals surface area contributed by atoms with E-state index in [1.165, 1.54) is 13.3 Å². The highest BCUT2D eigenvalue weighted by Gasteiger charge is 2.07. The van der Waals surface area contributed by atoms with E-state index in [1.807, 2.05) is 18.2 Å². The molecule has 0 bridgehead atoms. The number of benzene rings is 1. The van der Waals surface area contributed by atoms with E-state index in [2.05, 4.69) is 0 Å². The van der Waals surface area contributed by atoms with Gasteiger partial charge in [0.2, 0.25) is 0 Å². The second kappa shape index (κ2) is 3.65. The molecule has 2 rings (SSSR count). The van der Waals surface area contributed by atoms with E-state index in [1.54, 1.807) is 13.2 Å². The van der Waals surface area contributed by atoms with Crippen LogP contribution in [0.4, 0.5) is 0 Å². The van der Waals surface area contributed by atoms with Crippen LogP contribution in [0.25, 0.3) is 10.8 Å². The summed E-state index contributed by atoms with van der Waals surface area (Å²) in [6.07, 6.45) is 1.48. The molecule has 78 valence electrons. The Hall–Kier alpha value is -1.97. The van der Waals surface area contributed by atoms with Crippen molar-refractivity contribution in [3.05, 3.63) is 35.7 Å². The van der Waals surface area contributed by atoms with Gasteiger partial charge in [-0.3, -0.25) is 0 Å². The Morgan fingerprint density at radius 2 is 1.87 bits per heavy atom. The highest BCUT2D eigenvalue weighted by molar-refractivity contribution is 5.83. The Kier molecular flexibility index (Phi) is 2.33. The number of pyridine rings is 1. The summed E-state index contributed by atoms with van der Waals surface area (Å²) in [6.45, 7) is 0. The molecule has 0 saturated heterocycles. The minimum atomic E-state index is 0.274. The molecule has 1 aromatic heterocycles. The maximum Gasteiger partial charge on any atom is 0.379 e. The summed E-state index contributed by atoms with van der Waals surface area (Å²) >= 11 is 0. The first-order chi connectivity index (χ1) is 7.24. The highest BCUT2D eigenvalue weighted by Crippen LogP contribution is 2.21. The summed E-state index contributed by atoms with van der Waals surface area (Å²) in [5.74, 6) is 1.03. The molecule has 0 aliphatic rings. The summed E-state index contributed by atoms with van der Waals surface area (Å²) in [4.78, 5) is 0. The van der Waals surface area contributed by atoms with Gasteiger partial charge in [-0.05, 0) is 18.2 Å². The van der Waals surface area contributed by atoms with Crippen LogP contribution < -0.4 is 14.2 Å². The fourth-order valence-corrected chi connectivity index (χ4v) is 1.46. The molecule has 0 spiro atoms. The lowest BCUT2D eigenvalue weighted by atomic mass is 10.2. The van der Waals surface area contributed by atoms with Gasteiger partial charge in [-0.1, -0.05) is 0 Å². The van der Waals surface area contributed by atoms with Crippen LogP contribution in [0.3, 0.4) is 0 Å². The Labute approximate surface area is 87.2 Å². The number of ether oxygens (including phenoxy) is 2. The first kappa shape index (κ1) is 9.58. The summed E-state index contributed by atoms with van der Waals surface area (Å²) < 4.78 is 10.7. The number of hydrogen-bond acceptors (Lipinski definition) is 3. The molecule has 0 radical (unpaired) electrons. The second-order valence-corrected chi connectivity index (χ2v) is 3.14. The van der Waals surface area contributed by atoms with Crippen LogP contribution >= 0.6 is 0 Å².